The first kappa shape index (κ1) is 22.0. The maximum absolute atomic E-state index is 14.0. The van der Waals surface area contributed by atoms with Crippen LogP contribution in [-0.2, 0) is 7.05 Å². The van der Waals surface area contributed by atoms with Crippen LogP contribution in [0.4, 0.5) is 14.5 Å². The second-order valence-electron chi connectivity index (χ2n) is 7.91. The van der Waals surface area contributed by atoms with Crippen molar-refractivity contribution in [2.45, 2.75) is 31.7 Å². The van der Waals surface area contributed by atoms with Crippen molar-refractivity contribution < 1.29 is 18.3 Å². The van der Waals surface area contributed by atoms with Gasteiger partial charge in [0.05, 0.1) is 17.9 Å². The smallest absolute Gasteiger partial charge is 0.258 e. The van der Waals surface area contributed by atoms with Crippen LogP contribution in [0, 0.1) is 11.6 Å². The molecule has 1 atom stereocenters. The zero-order valence-corrected chi connectivity index (χ0v) is 17.9. The van der Waals surface area contributed by atoms with Gasteiger partial charge < -0.3 is 15.4 Å². The quantitative estimate of drug-likeness (QED) is 0.567. The average molecular weight is 440 g/mol. The molecule has 2 heterocycles. The van der Waals surface area contributed by atoms with Crippen molar-refractivity contribution >= 4 is 11.6 Å². The van der Waals surface area contributed by atoms with Crippen LogP contribution in [0.3, 0.4) is 0 Å². The summed E-state index contributed by atoms with van der Waals surface area (Å²) in [5, 5.41) is 10.4. The number of aryl methyl sites for hydroxylation is 1. The lowest BCUT2D eigenvalue weighted by Crippen LogP contribution is -2.35. The van der Waals surface area contributed by atoms with E-state index in [2.05, 4.69) is 15.7 Å². The Labute approximate surface area is 185 Å². The maximum Gasteiger partial charge on any atom is 0.258 e. The van der Waals surface area contributed by atoms with E-state index in [4.69, 9.17) is 4.74 Å². The van der Waals surface area contributed by atoms with Crippen LogP contribution in [0.25, 0.3) is 11.3 Å². The first-order chi connectivity index (χ1) is 15.5. The summed E-state index contributed by atoms with van der Waals surface area (Å²) in [6.45, 7) is 1.61. The molecule has 1 aliphatic rings. The zero-order chi connectivity index (χ0) is 22.5. The van der Waals surface area contributed by atoms with E-state index >= 15 is 0 Å². The van der Waals surface area contributed by atoms with Crippen molar-refractivity contribution in [2.75, 3.05) is 18.5 Å². The Balaban J connectivity index is 1.52. The Hall–Kier alpha value is -3.26. The molecule has 0 saturated carbocycles. The largest absolute Gasteiger partial charge is 0.493 e. The SMILES string of the molecule is Cn1nccc1-c1cc(NC(=O)c2ccc(F)cc2F)ccc1OCCC1CCCCN1. The van der Waals surface area contributed by atoms with Gasteiger partial charge in [-0.05, 0) is 62.2 Å². The molecule has 1 fully saturated rings. The van der Waals surface area contributed by atoms with Gasteiger partial charge in [0.15, 0.2) is 0 Å². The first-order valence-corrected chi connectivity index (χ1v) is 10.8. The van der Waals surface area contributed by atoms with Gasteiger partial charge in [-0.1, -0.05) is 6.42 Å². The molecule has 32 heavy (non-hydrogen) atoms. The minimum Gasteiger partial charge on any atom is -0.493 e. The number of benzene rings is 2. The molecule has 1 aromatic heterocycles. The van der Waals surface area contributed by atoms with Crippen molar-refractivity contribution in [2.24, 2.45) is 7.05 Å². The summed E-state index contributed by atoms with van der Waals surface area (Å²) in [7, 11) is 1.82. The third-order valence-corrected chi connectivity index (χ3v) is 5.65. The molecule has 0 bridgehead atoms. The highest BCUT2D eigenvalue weighted by atomic mass is 19.1. The number of hydrogen-bond acceptors (Lipinski definition) is 4. The van der Waals surface area contributed by atoms with Crippen LogP contribution in [0.5, 0.6) is 5.75 Å². The standard InChI is InChI=1S/C24H26F2N4O2/c1-30-22(9-12-28-30)20-15-18(29-24(31)19-7-5-16(25)14-21(19)26)6-8-23(20)32-13-10-17-4-2-3-11-27-17/h5-9,12,14-15,17,27H,2-4,10-11,13H2,1H3,(H,29,31). The summed E-state index contributed by atoms with van der Waals surface area (Å²) in [5.41, 5.74) is 1.82. The van der Waals surface area contributed by atoms with Gasteiger partial charge in [-0.3, -0.25) is 9.48 Å². The number of amides is 1. The van der Waals surface area contributed by atoms with Crippen molar-refractivity contribution in [1.82, 2.24) is 15.1 Å². The number of hydrogen-bond donors (Lipinski definition) is 2. The highest BCUT2D eigenvalue weighted by Crippen LogP contribution is 2.33. The third kappa shape index (κ3) is 5.13. The van der Waals surface area contributed by atoms with Crippen LogP contribution >= 0.6 is 0 Å². The van der Waals surface area contributed by atoms with Crippen LogP contribution < -0.4 is 15.4 Å². The lowest BCUT2D eigenvalue weighted by Gasteiger charge is -2.23. The van der Waals surface area contributed by atoms with Crippen LogP contribution in [0.2, 0.25) is 0 Å². The number of carbonyl (C=O) groups excluding carboxylic acids is 1. The summed E-state index contributed by atoms with van der Waals surface area (Å²) in [5.74, 6) is -1.63. The fourth-order valence-corrected chi connectivity index (χ4v) is 3.93. The Bertz CT molecular complexity index is 1090. The number of piperidine rings is 1. The number of halogens is 2. The van der Waals surface area contributed by atoms with E-state index in [-0.39, 0.29) is 5.56 Å². The van der Waals surface area contributed by atoms with E-state index < -0.39 is 17.5 Å². The minimum atomic E-state index is -0.911. The van der Waals surface area contributed by atoms with Gasteiger partial charge in [0.2, 0.25) is 0 Å². The highest BCUT2D eigenvalue weighted by Gasteiger charge is 2.17. The number of rotatable bonds is 7. The summed E-state index contributed by atoms with van der Waals surface area (Å²) in [6.07, 6.45) is 6.21. The Morgan fingerprint density at radius 2 is 2.09 bits per heavy atom. The van der Waals surface area contributed by atoms with E-state index in [0.29, 0.717) is 30.2 Å². The molecule has 0 radical (unpaired) electrons. The molecule has 1 saturated heterocycles. The van der Waals surface area contributed by atoms with Crippen molar-refractivity contribution in [3.8, 4) is 17.0 Å². The Morgan fingerprint density at radius 3 is 2.81 bits per heavy atom. The van der Waals surface area contributed by atoms with Gasteiger partial charge >= 0.3 is 0 Å². The van der Waals surface area contributed by atoms with Gasteiger partial charge in [0.1, 0.15) is 17.4 Å². The number of carbonyl (C=O) groups is 1. The van der Waals surface area contributed by atoms with Crippen LogP contribution in [0.1, 0.15) is 36.0 Å². The van der Waals surface area contributed by atoms with E-state index in [1.807, 2.05) is 13.1 Å². The van der Waals surface area contributed by atoms with Crippen molar-refractivity contribution in [3.05, 3.63) is 65.9 Å². The molecule has 2 aromatic carbocycles. The second-order valence-corrected chi connectivity index (χ2v) is 7.91. The number of ether oxygens (including phenoxy) is 1. The molecule has 4 rings (SSSR count). The monoisotopic (exact) mass is 440 g/mol. The Kier molecular flexibility index (Phi) is 6.80. The summed E-state index contributed by atoms with van der Waals surface area (Å²) >= 11 is 0. The molecular weight excluding hydrogens is 414 g/mol. The molecule has 0 aliphatic carbocycles. The predicted molar refractivity (Wildman–Crippen MR) is 119 cm³/mol. The molecule has 3 aromatic rings. The van der Waals surface area contributed by atoms with Gasteiger partial charge in [-0.25, -0.2) is 8.78 Å². The number of aromatic nitrogens is 2. The molecule has 2 N–H and O–H groups in total. The lowest BCUT2D eigenvalue weighted by atomic mass is 10.0. The van der Waals surface area contributed by atoms with Gasteiger partial charge in [0.25, 0.3) is 5.91 Å². The molecule has 1 aliphatic heterocycles. The fraction of sp³-hybridized carbons (Fsp3) is 0.333. The van der Waals surface area contributed by atoms with Crippen molar-refractivity contribution in [3.63, 3.8) is 0 Å². The second kappa shape index (κ2) is 9.91. The first-order valence-electron chi connectivity index (χ1n) is 10.8. The summed E-state index contributed by atoms with van der Waals surface area (Å²) in [4.78, 5) is 12.5. The average Bonchev–Trinajstić information content (AvgIpc) is 3.21. The fourth-order valence-electron chi connectivity index (χ4n) is 3.93. The molecular formula is C24H26F2N4O2. The minimum absolute atomic E-state index is 0.228. The van der Waals surface area contributed by atoms with Crippen LogP contribution in [0.15, 0.2) is 48.7 Å². The highest BCUT2D eigenvalue weighted by molar-refractivity contribution is 6.04. The molecule has 1 unspecified atom stereocenters. The zero-order valence-electron chi connectivity index (χ0n) is 17.9. The van der Waals surface area contributed by atoms with Crippen LogP contribution in [-0.4, -0.2) is 34.9 Å². The third-order valence-electron chi connectivity index (χ3n) is 5.65. The van der Waals surface area contributed by atoms with Gasteiger partial charge in [-0.2, -0.15) is 5.10 Å². The van der Waals surface area contributed by atoms with Gasteiger partial charge in [-0.15, -0.1) is 0 Å². The van der Waals surface area contributed by atoms with E-state index in [9.17, 15) is 13.6 Å². The Morgan fingerprint density at radius 1 is 1.22 bits per heavy atom. The summed E-state index contributed by atoms with van der Waals surface area (Å²) in [6, 6.07) is 10.4. The van der Waals surface area contributed by atoms with Crippen molar-refractivity contribution in [1.29, 1.82) is 0 Å². The normalized spacial score (nSPS) is 16.0. The molecule has 1 amide bonds. The van der Waals surface area contributed by atoms with E-state index in [1.54, 1.807) is 29.1 Å². The predicted octanol–water partition coefficient (Wildman–Crippen LogP) is 4.53. The summed E-state index contributed by atoms with van der Waals surface area (Å²) < 4.78 is 34.9. The number of nitrogens with zero attached hydrogens (tertiary/aromatic N) is 2. The number of anilines is 1. The van der Waals surface area contributed by atoms with E-state index in [1.165, 1.54) is 12.8 Å². The van der Waals surface area contributed by atoms with Gasteiger partial charge in [0, 0.05) is 36.6 Å². The maximum atomic E-state index is 14.0. The lowest BCUT2D eigenvalue weighted by molar-refractivity contribution is 0.102. The number of nitrogens with one attached hydrogen (secondary N) is 2. The molecule has 0 spiro atoms. The molecule has 6 nitrogen and oxygen atoms in total. The molecule has 168 valence electrons. The topological polar surface area (TPSA) is 68.2 Å². The van der Waals surface area contributed by atoms with E-state index in [0.717, 1.165) is 42.8 Å². The molecule has 8 heteroatoms.